The molecule has 1 amide bonds. The van der Waals surface area contributed by atoms with E-state index in [0.717, 1.165) is 13.0 Å². The van der Waals surface area contributed by atoms with Crippen LogP contribution in [0.1, 0.15) is 54.9 Å². The van der Waals surface area contributed by atoms with Gasteiger partial charge in [-0.2, -0.15) is 5.10 Å². The van der Waals surface area contributed by atoms with Crippen molar-refractivity contribution in [3.05, 3.63) is 0 Å². The molecule has 0 bridgehead atoms. The molecule has 2 unspecified atom stereocenters. The molecule has 0 aromatic rings. The minimum atomic E-state index is -0.469. The van der Waals surface area contributed by atoms with Gasteiger partial charge in [-0.3, -0.25) is 5.01 Å². The van der Waals surface area contributed by atoms with Crippen LogP contribution in [0, 0.1) is 0 Å². The van der Waals surface area contributed by atoms with E-state index in [-0.39, 0.29) is 36.3 Å². The number of hydrogen-bond acceptors (Lipinski definition) is 6. The van der Waals surface area contributed by atoms with Crippen molar-refractivity contribution in [3.63, 3.8) is 0 Å². The first kappa shape index (κ1) is 19.5. The van der Waals surface area contributed by atoms with Gasteiger partial charge in [0.2, 0.25) is 0 Å². The van der Waals surface area contributed by atoms with Crippen LogP contribution in [0.15, 0.2) is 5.10 Å². The van der Waals surface area contributed by atoms with Crippen LogP contribution in [-0.4, -0.2) is 71.8 Å². The summed E-state index contributed by atoms with van der Waals surface area (Å²) in [5.41, 5.74) is -1.14. The van der Waals surface area contributed by atoms with Gasteiger partial charge >= 0.3 is 13.2 Å². The molecule has 7 nitrogen and oxygen atoms in total. The van der Waals surface area contributed by atoms with E-state index in [1.165, 1.54) is 0 Å². The van der Waals surface area contributed by atoms with Gasteiger partial charge in [0.05, 0.1) is 23.1 Å². The van der Waals surface area contributed by atoms with Crippen molar-refractivity contribution >= 4 is 19.4 Å². The van der Waals surface area contributed by atoms with Gasteiger partial charge in [0.25, 0.3) is 0 Å². The van der Waals surface area contributed by atoms with Crippen LogP contribution >= 0.6 is 0 Å². The average Bonchev–Trinajstić information content (AvgIpc) is 3.16. The SMILES string of the molecule is CC(C)(C)OC(=O)N1CCC(N2CC(B3OC(C)(C)C(C)(C)O3)C=N2)C1. The van der Waals surface area contributed by atoms with E-state index >= 15 is 0 Å². The number of carbonyl (C=O) groups excluding carboxylic acids is 1. The first-order valence-electron chi connectivity index (χ1n) is 9.52. The Labute approximate surface area is 157 Å². The summed E-state index contributed by atoms with van der Waals surface area (Å²) in [5.74, 6) is 0.103. The van der Waals surface area contributed by atoms with Crippen molar-refractivity contribution in [1.82, 2.24) is 9.91 Å². The molecule has 0 N–H and O–H groups in total. The Morgan fingerprint density at radius 2 is 1.81 bits per heavy atom. The molecule has 0 aliphatic carbocycles. The molecule has 2 fully saturated rings. The average molecular weight is 365 g/mol. The number of nitrogens with zero attached hydrogens (tertiary/aromatic N) is 3. The number of ether oxygens (including phenoxy) is 1. The molecule has 0 aromatic heterocycles. The Morgan fingerprint density at radius 1 is 1.19 bits per heavy atom. The van der Waals surface area contributed by atoms with Crippen molar-refractivity contribution in [2.45, 2.75) is 83.5 Å². The summed E-state index contributed by atoms with van der Waals surface area (Å²) in [4.78, 5) is 14.0. The molecule has 8 heteroatoms. The largest absolute Gasteiger partial charge is 0.468 e. The fourth-order valence-electron chi connectivity index (χ4n) is 3.42. The number of hydrogen-bond donors (Lipinski definition) is 0. The topological polar surface area (TPSA) is 63.6 Å². The monoisotopic (exact) mass is 365 g/mol. The molecular formula is C18H32BN3O4. The first-order valence-corrected chi connectivity index (χ1v) is 9.52. The number of amides is 1. The third kappa shape index (κ3) is 3.86. The van der Waals surface area contributed by atoms with Crippen LogP contribution in [-0.2, 0) is 14.0 Å². The van der Waals surface area contributed by atoms with Gasteiger partial charge in [0.15, 0.2) is 0 Å². The second-order valence-electron chi connectivity index (χ2n) is 9.54. The molecule has 3 heterocycles. The van der Waals surface area contributed by atoms with Gasteiger partial charge in [-0.15, -0.1) is 0 Å². The van der Waals surface area contributed by atoms with Gasteiger partial charge in [-0.05, 0) is 54.9 Å². The van der Waals surface area contributed by atoms with Crippen molar-refractivity contribution in [3.8, 4) is 0 Å². The van der Waals surface area contributed by atoms with E-state index in [9.17, 15) is 4.79 Å². The van der Waals surface area contributed by atoms with E-state index in [2.05, 4.69) is 37.8 Å². The Balaban J connectivity index is 1.53. The Bertz CT molecular complexity index is 571. The minimum Gasteiger partial charge on any atom is -0.444 e. The maximum atomic E-state index is 12.2. The smallest absolute Gasteiger partial charge is 0.444 e. The minimum absolute atomic E-state index is 0.103. The number of hydrazone groups is 1. The number of likely N-dealkylation sites (tertiary alicyclic amines) is 1. The predicted molar refractivity (Wildman–Crippen MR) is 101 cm³/mol. The lowest BCUT2D eigenvalue weighted by Gasteiger charge is -2.32. The third-order valence-corrected chi connectivity index (χ3v) is 5.66. The Hall–Kier alpha value is -1.28. The highest BCUT2D eigenvalue weighted by Crippen LogP contribution is 2.40. The van der Waals surface area contributed by atoms with Crippen molar-refractivity contribution in [1.29, 1.82) is 0 Å². The van der Waals surface area contributed by atoms with Crippen molar-refractivity contribution in [2.24, 2.45) is 5.10 Å². The van der Waals surface area contributed by atoms with Gasteiger partial charge in [0, 0.05) is 25.8 Å². The lowest BCUT2D eigenvalue weighted by atomic mass is 9.73. The zero-order valence-corrected chi connectivity index (χ0v) is 17.1. The van der Waals surface area contributed by atoms with Crippen LogP contribution in [0.5, 0.6) is 0 Å². The van der Waals surface area contributed by atoms with E-state index < -0.39 is 5.60 Å². The molecule has 0 saturated carbocycles. The second kappa shape index (κ2) is 6.41. The summed E-state index contributed by atoms with van der Waals surface area (Å²) in [7, 11) is -0.280. The molecule has 26 heavy (non-hydrogen) atoms. The number of carbonyl (C=O) groups is 1. The lowest BCUT2D eigenvalue weighted by Crippen LogP contribution is -2.41. The van der Waals surface area contributed by atoms with Crippen molar-refractivity contribution < 1.29 is 18.8 Å². The fraction of sp³-hybridized carbons (Fsp3) is 0.889. The van der Waals surface area contributed by atoms with Crippen LogP contribution in [0.25, 0.3) is 0 Å². The van der Waals surface area contributed by atoms with Crippen molar-refractivity contribution in [2.75, 3.05) is 19.6 Å². The second-order valence-corrected chi connectivity index (χ2v) is 9.54. The molecule has 2 saturated heterocycles. The summed E-state index contributed by atoms with van der Waals surface area (Å²) in [6.07, 6.45) is 2.58. The third-order valence-electron chi connectivity index (χ3n) is 5.66. The molecule has 3 aliphatic rings. The molecule has 0 aromatic carbocycles. The van der Waals surface area contributed by atoms with Gasteiger partial charge in [-0.25, -0.2) is 4.79 Å². The van der Waals surface area contributed by atoms with E-state index in [4.69, 9.17) is 14.0 Å². The summed E-state index contributed by atoms with van der Waals surface area (Å²) >= 11 is 0. The molecule has 3 aliphatic heterocycles. The van der Waals surface area contributed by atoms with Crippen LogP contribution < -0.4 is 0 Å². The van der Waals surface area contributed by atoms with Gasteiger partial charge in [-0.1, -0.05) is 0 Å². The first-order chi connectivity index (χ1) is 11.9. The van der Waals surface area contributed by atoms with E-state index in [0.29, 0.717) is 13.1 Å². The molecular weight excluding hydrogens is 333 g/mol. The highest BCUT2D eigenvalue weighted by atomic mass is 16.7. The zero-order chi connectivity index (χ0) is 19.3. The summed E-state index contributed by atoms with van der Waals surface area (Å²) in [6, 6.07) is 0.214. The summed E-state index contributed by atoms with van der Waals surface area (Å²) in [6.45, 7) is 16.0. The summed E-state index contributed by atoms with van der Waals surface area (Å²) in [5, 5.41) is 6.65. The summed E-state index contributed by atoms with van der Waals surface area (Å²) < 4.78 is 17.8. The maximum absolute atomic E-state index is 12.2. The van der Waals surface area contributed by atoms with Crippen LogP contribution in [0.3, 0.4) is 0 Å². The molecule has 3 rings (SSSR count). The zero-order valence-electron chi connectivity index (χ0n) is 17.1. The normalized spacial score (nSPS) is 30.3. The maximum Gasteiger partial charge on any atom is 0.468 e. The van der Waals surface area contributed by atoms with Crippen LogP contribution in [0.4, 0.5) is 4.79 Å². The molecule has 146 valence electrons. The highest BCUT2D eigenvalue weighted by molar-refractivity contribution is 6.52. The lowest BCUT2D eigenvalue weighted by molar-refractivity contribution is 0.00578. The molecule has 0 radical (unpaired) electrons. The predicted octanol–water partition coefficient (Wildman–Crippen LogP) is 2.76. The quantitative estimate of drug-likeness (QED) is 0.704. The Morgan fingerprint density at radius 3 is 2.38 bits per heavy atom. The van der Waals surface area contributed by atoms with Crippen LogP contribution in [0.2, 0.25) is 5.82 Å². The van der Waals surface area contributed by atoms with Gasteiger partial charge < -0.3 is 18.9 Å². The standard InChI is InChI=1S/C18H32BN3O4/c1-16(2,3)24-15(23)21-9-8-14(12-21)22-11-13(10-20-22)19-25-17(4,5)18(6,7)26-19/h10,13-14H,8-9,11-12H2,1-7H3. The number of rotatable bonds is 2. The molecule has 2 atom stereocenters. The highest BCUT2D eigenvalue weighted by Gasteiger charge is 2.54. The molecule has 0 spiro atoms. The fourth-order valence-corrected chi connectivity index (χ4v) is 3.42. The van der Waals surface area contributed by atoms with E-state index in [1.54, 1.807) is 4.90 Å². The Kier molecular flexibility index (Phi) is 4.80. The van der Waals surface area contributed by atoms with E-state index in [1.807, 2.05) is 27.0 Å². The van der Waals surface area contributed by atoms with Gasteiger partial charge in [0.1, 0.15) is 5.60 Å².